The quantitative estimate of drug-likeness (QED) is 0.388. The van der Waals surface area contributed by atoms with Crippen molar-refractivity contribution in [3.05, 3.63) is 70.3 Å². The van der Waals surface area contributed by atoms with Crippen molar-refractivity contribution < 1.29 is 18.0 Å². The number of furan rings is 1. The Hall–Kier alpha value is -3.26. The third kappa shape index (κ3) is 4.10. The lowest BCUT2D eigenvalue weighted by molar-refractivity contribution is -0.127. The van der Waals surface area contributed by atoms with Crippen LogP contribution >= 0.6 is 11.3 Å². The summed E-state index contributed by atoms with van der Waals surface area (Å²) in [7, 11) is 0. The molecule has 0 unspecified atom stereocenters. The van der Waals surface area contributed by atoms with Gasteiger partial charge in [-0.05, 0) is 37.1 Å². The summed E-state index contributed by atoms with van der Waals surface area (Å²) >= 11 is 1.37. The Balaban J connectivity index is 1.52. The van der Waals surface area contributed by atoms with E-state index in [0.717, 1.165) is 42.1 Å². The summed E-state index contributed by atoms with van der Waals surface area (Å²) in [5.41, 5.74) is 1.69. The molecule has 1 fully saturated rings. The van der Waals surface area contributed by atoms with Gasteiger partial charge < -0.3 is 13.9 Å². The number of hydrogen-bond acceptors (Lipinski definition) is 4. The summed E-state index contributed by atoms with van der Waals surface area (Å²) in [5, 5.41) is 2.92. The molecule has 32 heavy (non-hydrogen) atoms. The number of thiazole rings is 1. The number of carbonyl (C=O) groups excluding carboxylic acids is 1. The third-order valence-electron chi connectivity index (χ3n) is 5.58. The van der Waals surface area contributed by atoms with Crippen LogP contribution in [0.15, 0.2) is 63.3 Å². The van der Waals surface area contributed by atoms with E-state index in [0.29, 0.717) is 30.1 Å². The standard InChI is InChI=1S/C24H21F2N3O2S/c25-17-8-9-19(18(26)14-17)27-24-29(12-4-11-28-10-3-7-23(28)30)20(15-32-24)22-13-16-5-1-2-6-21(16)31-22/h1-2,5-6,8-9,13-15H,3-4,7,10-12H2. The molecule has 3 heterocycles. The molecule has 8 heteroatoms. The molecule has 1 amide bonds. The van der Waals surface area contributed by atoms with Crippen LogP contribution in [0, 0.1) is 11.6 Å². The topological polar surface area (TPSA) is 50.7 Å². The van der Waals surface area contributed by atoms with E-state index < -0.39 is 11.6 Å². The van der Waals surface area contributed by atoms with Gasteiger partial charge >= 0.3 is 0 Å². The average Bonchev–Trinajstić information content (AvgIpc) is 3.49. The summed E-state index contributed by atoms with van der Waals surface area (Å²) in [6.07, 6.45) is 2.24. The number of benzene rings is 2. The highest BCUT2D eigenvalue weighted by molar-refractivity contribution is 7.07. The zero-order chi connectivity index (χ0) is 22.1. The molecule has 4 aromatic rings. The monoisotopic (exact) mass is 453 g/mol. The van der Waals surface area contributed by atoms with Crippen LogP contribution in [0.3, 0.4) is 0 Å². The fourth-order valence-corrected chi connectivity index (χ4v) is 4.90. The van der Waals surface area contributed by atoms with Crippen molar-refractivity contribution in [1.82, 2.24) is 9.47 Å². The van der Waals surface area contributed by atoms with E-state index in [-0.39, 0.29) is 11.6 Å². The second kappa shape index (κ2) is 8.70. The van der Waals surface area contributed by atoms with Gasteiger partial charge in [0.15, 0.2) is 16.4 Å². The summed E-state index contributed by atoms with van der Waals surface area (Å²) in [6.45, 7) is 2.04. The van der Waals surface area contributed by atoms with Crippen molar-refractivity contribution in [3.8, 4) is 11.5 Å². The zero-order valence-corrected chi connectivity index (χ0v) is 18.1. The number of hydrogen-bond donors (Lipinski definition) is 0. The molecule has 164 valence electrons. The van der Waals surface area contributed by atoms with E-state index in [1.165, 1.54) is 23.5 Å². The van der Waals surface area contributed by atoms with Crippen LogP contribution in [-0.2, 0) is 11.3 Å². The minimum absolute atomic E-state index is 0.0767. The van der Waals surface area contributed by atoms with Crippen LogP contribution < -0.4 is 4.80 Å². The molecule has 2 aromatic heterocycles. The molecule has 1 aliphatic heterocycles. The van der Waals surface area contributed by atoms with Crippen molar-refractivity contribution in [3.63, 3.8) is 0 Å². The number of rotatable bonds is 6. The first kappa shape index (κ1) is 20.6. The van der Waals surface area contributed by atoms with Gasteiger partial charge in [-0.15, -0.1) is 11.3 Å². The highest BCUT2D eigenvalue weighted by Gasteiger charge is 2.20. The number of fused-ring (bicyclic) bond motifs is 1. The Kier molecular flexibility index (Phi) is 5.61. The molecule has 0 radical (unpaired) electrons. The molecular formula is C24H21F2N3O2S. The Bertz CT molecular complexity index is 1320. The molecule has 5 nitrogen and oxygen atoms in total. The van der Waals surface area contributed by atoms with Crippen molar-refractivity contribution in [1.29, 1.82) is 0 Å². The van der Waals surface area contributed by atoms with E-state index in [4.69, 9.17) is 4.42 Å². The summed E-state index contributed by atoms with van der Waals surface area (Å²) < 4.78 is 35.6. The molecule has 2 aromatic carbocycles. The Morgan fingerprint density at radius 2 is 1.97 bits per heavy atom. The van der Waals surface area contributed by atoms with Gasteiger partial charge in [-0.3, -0.25) is 4.79 Å². The third-order valence-corrected chi connectivity index (χ3v) is 6.45. The number of amides is 1. The van der Waals surface area contributed by atoms with Gasteiger partial charge in [0.1, 0.15) is 17.1 Å². The lowest BCUT2D eigenvalue weighted by Crippen LogP contribution is -2.27. The molecular weight excluding hydrogens is 432 g/mol. The lowest BCUT2D eigenvalue weighted by Gasteiger charge is -2.16. The molecule has 0 saturated carbocycles. The van der Waals surface area contributed by atoms with Crippen molar-refractivity contribution in [2.75, 3.05) is 13.1 Å². The highest BCUT2D eigenvalue weighted by Crippen LogP contribution is 2.29. The number of nitrogens with zero attached hydrogens (tertiary/aromatic N) is 3. The van der Waals surface area contributed by atoms with E-state index in [9.17, 15) is 13.6 Å². The predicted octanol–water partition coefficient (Wildman–Crippen LogP) is 5.49. The first-order valence-corrected chi connectivity index (χ1v) is 11.4. The van der Waals surface area contributed by atoms with E-state index >= 15 is 0 Å². The van der Waals surface area contributed by atoms with Crippen molar-refractivity contribution in [2.24, 2.45) is 4.99 Å². The maximum Gasteiger partial charge on any atom is 0.222 e. The second-order valence-corrected chi connectivity index (χ2v) is 8.59. The summed E-state index contributed by atoms with van der Waals surface area (Å²) in [4.78, 5) is 18.9. The predicted molar refractivity (Wildman–Crippen MR) is 120 cm³/mol. The minimum atomic E-state index is -0.710. The van der Waals surface area contributed by atoms with Crippen LogP contribution in [0.25, 0.3) is 22.4 Å². The van der Waals surface area contributed by atoms with Gasteiger partial charge in [0.2, 0.25) is 5.91 Å². The van der Waals surface area contributed by atoms with Gasteiger partial charge in [-0.1, -0.05) is 18.2 Å². The largest absolute Gasteiger partial charge is 0.454 e. The molecule has 0 N–H and O–H groups in total. The van der Waals surface area contributed by atoms with E-state index in [2.05, 4.69) is 4.99 Å². The fraction of sp³-hybridized carbons (Fsp3) is 0.250. The van der Waals surface area contributed by atoms with Crippen molar-refractivity contribution in [2.45, 2.75) is 25.8 Å². The Labute approximate surface area is 187 Å². The maximum atomic E-state index is 14.2. The Morgan fingerprint density at radius 1 is 1.09 bits per heavy atom. The first-order chi connectivity index (χ1) is 15.6. The van der Waals surface area contributed by atoms with Gasteiger partial charge in [-0.2, -0.15) is 0 Å². The fourth-order valence-electron chi connectivity index (χ4n) is 3.98. The summed E-state index contributed by atoms with van der Waals surface area (Å²) in [6, 6.07) is 13.1. The molecule has 0 atom stereocenters. The van der Waals surface area contributed by atoms with Gasteiger partial charge in [0.25, 0.3) is 0 Å². The smallest absolute Gasteiger partial charge is 0.222 e. The number of carbonyl (C=O) groups is 1. The average molecular weight is 454 g/mol. The second-order valence-electron chi connectivity index (χ2n) is 7.75. The molecule has 1 saturated heterocycles. The normalized spacial score (nSPS) is 14.8. The first-order valence-electron chi connectivity index (χ1n) is 10.5. The van der Waals surface area contributed by atoms with Crippen LogP contribution in [0.4, 0.5) is 14.5 Å². The number of para-hydroxylation sites is 1. The van der Waals surface area contributed by atoms with Crippen LogP contribution in [0.1, 0.15) is 19.3 Å². The maximum absolute atomic E-state index is 14.2. The van der Waals surface area contributed by atoms with Gasteiger partial charge in [0.05, 0.1) is 5.69 Å². The lowest BCUT2D eigenvalue weighted by atomic mass is 10.2. The molecule has 0 spiro atoms. The number of aromatic nitrogens is 1. The molecule has 0 aliphatic carbocycles. The van der Waals surface area contributed by atoms with Crippen LogP contribution in [0.5, 0.6) is 0 Å². The van der Waals surface area contributed by atoms with Gasteiger partial charge in [-0.25, -0.2) is 13.8 Å². The SMILES string of the molecule is O=C1CCCN1CCCn1c(-c2cc3ccccc3o2)csc1=Nc1ccc(F)cc1F. The Morgan fingerprint density at radius 3 is 2.75 bits per heavy atom. The van der Waals surface area contributed by atoms with E-state index in [1.54, 1.807) is 0 Å². The zero-order valence-electron chi connectivity index (χ0n) is 17.3. The summed E-state index contributed by atoms with van der Waals surface area (Å²) in [5.74, 6) is -0.464. The molecule has 1 aliphatic rings. The van der Waals surface area contributed by atoms with E-state index in [1.807, 2.05) is 45.2 Å². The number of likely N-dealkylation sites (tertiary alicyclic amines) is 1. The van der Waals surface area contributed by atoms with Crippen LogP contribution in [-0.4, -0.2) is 28.5 Å². The number of halogens is 2. The molecule has 5 rings (SSSR count). The van der Waals surface area contributed by atoms with Crippen LogP contribution in [0.2, 0.25) is 0 Å². The minimum Gasteiger partial charge on any atom is -0.454 e. The highest BCUT2D eigenvalue weighted by atomic mass is 32.1. The molecule has 0 bridgehead atoms. The van der Waals surface area contributed by atoms with Gasteiger partial charge in [0, 0.05) is 42.9 Å². The van der Waals surface area contributed by atoms with Crippen molar-refractivity contribution >= 4 is 33.9 Å².